The van der Waals surface area contributed by atoms with Crippen LogP contribution in [0.15, 0.2) is 12.1 Å². The third-order valence-corrected chi connectivity index (χ3v) is 1.74. The van der Waals surface area contributed by atoms with E-state index in [1.165, 1.54) is 6.92 Å². The van der Waals surface area contributed by atoms with E-state index in [0.29, 0.717) is 0 Å². The van der Waals surface area contributed by atoms with E-state index in [1.807, 2.05) is 0 Å². The molecule has 1 rings (SSSR count). The molecular formula is C9H7F3O2. The molecule has 0 saturated heterocycles. The monoisotopic (exact) mass is 204 g/mol. The number of ether oxygens (including phenoxy) is 1. The molecular weight excluding hydrogens is 197 g/mol. The molecule has 0 amide bonds. The van der Waals surface area contributed by atoms with Crippen molar-refractivity contribution in [1.82, 2.24) is 0 Å². The van der Waals surface area contributed by atoms with Gasteiger partial charge >= 0.3 is 6.61 Å². The lowest BCUT2D eigenvalue weighted by Crippen LogP contribution is -2.06. The number of carbonyl (C=O) groups is 1. The summed E-state index contributed by atoms with van der Waals surface area (Å²) >= 11 is 0. The zero-order valence-electron chi connectivity index (χ0n) is 7.26. The number of hydrogen-bond acceptors (Lipinski definition) is 2. The van der Waals surface area contributed by atoms with Crippen molar-refractivity contribution >= 4 is 6.29 Å². The van der Waals surface area contributed by atoms with Crippen LogP contribution in [0, 0.1) is 12.7 Å². The largest absolute Gasteiger partial charge is 0.434 e. The Hall–Kier alpha value is -1.52. The van der Waals surface area contributed by atoms with Crippen LogP contribution >= 0.6 is 0 Å². The highest BCUT2D eigenvalue weighted by atomic mass is 19.3. The molecule has 5 heteroatoms. The Morgan fingerprint density at radius 1 is 1.43 bits per heavy atom. The van der Waals surface area contributed by atoms with Gasteiger partial charge in [-0.3, -0.25) is 4.79 Å². The first-order valence-electron chi connectivity index (χ1n) is 3.75. The van der Waals surface area contributed by atoms with Gasteiger partial charge in [0, 0.05) is 0 Å². The average molecular weight is 204 g/mol. The zero-order valence-corrected chi connectivity index (χ0v) is 7.26. The molecule has 0 saturated carbocycles. The van der Waals surface area contributed by atoms with Crippen LogP contribution in [0.3, 0.4) is 0 Å². The van der Waals surface area contributed by atoms with E-state index in [2.05, 4.69) is 4.74 Å². The first-order valence-corrected chi connectivity index (χ1v) is 3.75. The highest BCUT2D eigenvalue weighted by Crippen LogP contribution is 2.24. The summed E-state index contributed by atoms with van der Waals surface area (Å²) in [5.74, 6) is -0.942. The third-order valence-electron chi connectivity index (χ3n) is 1.74. The molecule has 0 aromatic heterocycles. The van der Waals surface area contributed by atoms with E-state index in [0.717, 1.165) is 12.1 Å². The molecule has 0 aliphatic carbocycles. The van der Waals surface area contributed by atoms with Gasteiger partial charge in [0.15, 0.2) is 6.29 Å². The van der Waals surface area contributed by atoms with Crippen molar-refractivity contribution in [3.05, 3.63) is 29.1 Å². The molecule has 1 aromatic rings. The van der Waals surface area contributed by atoms with Crippen molar-refractivity contribution in [2.24, 2.45) is 0 Å². The minimum Gasteiger partial charge on any atom is -0.434 e. The molecule has 0 spiro atoms. The Kier molecular flexibility index (Phi) is 3.11. The number of hydrogen-bond donors (Lipinski definition) is 0. The van der Waals surface area contributed by atoms with E-state index in [-0.39, 0.29) is 23.2 Å². The summed E-state index contributed by atoms with van der Waals surface area (Å²) < 4.78 is 40.6. The Bertz CT molecular complexity index is 350. The molecule has 0 aliphatic heterocycles. The summed E-state index contributed by atoms with van der Waals surface area (Å²) in [5, 5.41) is 0. The molecule has 14 heavy (non-hydrogen) atoms. The van der Waals surface area contributed by atoms with Crippen LogP contribution < -0.4 is 4.74 Å². The van der Waals surface area contributed by atoms with Gasteiger partial charge in [0.25, 0.3) is 0 Å². The van der Waals surface area contributed by atoms with E-state index in [9.17, 15) is 18.0 Å². The second-order valence-electron chi connectivity index (χ2n) is 2.58. The van der Waals surface area contributed by atoms with Crippen LogP contribution in [0.2, 0.25) is 0 Å². The standard InChI is InChI=1S/C9H7F3O2/c1-5-6(4-13)8(14-9(11)12)3-2-7(5)10/h2-4,9H,1H3. The first kappa shape index (κ1) is 10.6. The van der Waals surface area contributed by atoms with Gasteiger partial charge in [-0.15, -0.1) is 0 Å². The number of halogens is 3. The van der Waals surface area contributed by atoms with Crippen molar-refractivity contribution in [1.29, 1.82) is 0 Å². The Morgan fingerprint density at radius 2 is 2.07 bits per heavy atom. The van der Waals surface area contributed by atoms with Crippen LogP contribution in [0.25, 0.3) is 0 Å². The Balaban J connectivity index is 3.17. The molecule has 0 radical (unpaired) electrons. The number of rotatable bonds is 3. The van der Waals surface area contributed by atoms with E-state index >= 15 is 0 Å². The topological polar surface area (TPSA) is 26.3 Å². The molecule has 1 aromatic carbocycles. The average Bonchev–Trinajstić information content (AvgIpc) is 2.11. The van der Waals surface area contributed by atoms with E-state index < -0.39 is 12.4 Å². The summed E-state index contributed by atoms with van der Waals surface area (Å²) in [6.45, 7) is -1.71. The summed E-state index contributed by atoms with van der Waals surface area (Å²) in [7, 11) is 0. The van der Waals surface area contributed by atoms with Gasteiger partial charge in [-0.1, -0.05) is 0 Å². The number of alkyl halides is 2. The molecule has 0 bridgehead atoms. The molecule has 0 atom stereocenters. The first-order chi connectivity index (χ1) is 6.56. The second-order valence-corrected chi connectivity index (χ2v) is 2.58. The van der Waals surface area contributed by atoms with Gasteiger partial charge in [0.1, 0.15) is 11.6 Å². The summed E-state index contributed by atoms with van der Waals surface area (Å²) in [4.78, 5) is 10.5. The fraction of sp³-hybridized carbons (Fsp3) is 0.222. The number of carbonyl (C=O) groups excluding carboxylic acids is 1. The maximum atomic E-state index is 12.9. The van der Waals surface area contributed by atoms with Gasteiger partial charge in [0.05, 0.1) is 5.56 Å². The summed E-state index contributed by atoms with van der Waals surface area (Å²) in [6, 6.07) is 1.97. The molecule has 0 N–H and O–H groups in total. The molecule has 0 heterocycles. The summed E-state index contributed by atoms with van der Waals surface area (Å²) in [6.07, 6.45) is 0.288. The normalized spacial score (nSPS) is 10.4. The molecule has 0 aliphatic rings. The molecule has 0 fully saturated rings. The maximum absolute atomic E-state index is 12.9. The van der Waals surface area contributed by atoms with Crippen molar-refractivity contribution in [3.8, 4) is 5.75 Å². The van der Waals surface area contributed by atoms with Crippen LogP contribution in [0.4, 0.5) is 13.2 Å². The fourth-order valence-electron chi connectivity index (χ4n) is 1.02. The second kappa shape index (κ2) is 4.13. The highest BCUT2D eigenvalue weighted by Gasteiger charge is 2.13. The Labute approximate surface area is 78.3 Å². The lowest BCUT2D eigenvalue weighted by Gasteiger charge is -2.09. The van der Waals surface area contributed by atoms with Crippen LogP contribution in [-0.2, 0) is 0 Å². The minimum atomic E-state index is -3.03. The van der Waals surface area contributed by atoms with Crippen molar-refractivity contribution in [2.45, 2.75) is 13.5 Å². The molecule has 2 nitrogen and oxygen atoms in total. The number of benzene rings is 1. The van der Waals surface area contributed by atoms with Crippen LogP contribution in [0.1, 0.15) is 15.9 Å². The smallest absolute Gasteiger partial charge is 0.387 e. The van der Waals surface area contributed by atoms with Crippen LogP contribution in [-0.4, -0.2) is 12.9 Å². The highest BCUT2D eigenvalue weighted by molar-refractivity contribution is 5.81. The molecule has 0 unspecified atom stereocenters. The Morgan fingerprint density at radius 3 is 2.57 bits per heavy atom. The van der Waals surface area contributed by atoms with Gasteiger partial charge < -0.3 is 4.74 Å². The lowest BCUT2D eigenvalue weighted by atomic mass is 10.1. The van der Waals surface area contributed by atoms with Crippen molar-refractivity contribution in [2.75, 3.05) is 0 Å². The van der Waals surface area contributed by atoms with E-state index in [1.54, 1.807) is 0 Å². The van der Waals surface area contributed by atoms with Crippen molar-refractivity contribution < 1.29 is 22.7 Å². The quantitative estimate of drug-likeness (QED) is 0.707. The van der Waals surface area contributed by atoms with Crippen LogP contribution in [0.5, 0.6) is 5.75 Å². The van der Waals surface area contributed by atoms with E-state index in [4.69, 9.17) is 0 Å². The zero-order chi connectivity index (χ0) is 10.7. The van der Waals surface area contributed by atoms with Gasteiger partial charge in [-0.05, 0) is 24.6 Å². The lowest BCUT2D eigenvalue weighted by molar-refractivity contribution is -0.0501. The molecule has 76 valence electrons. The van der Waals surface area contributed by atoms with Gasteiger partial charge in [0.2, 0.25) is 0 Å². The number of aldehydes is 1. The third kappa shape index (κ3) is 2.04. The fourth-order valence-corrected chi connectivity index (χ4v) is 1.02. The van der Waals surface area contributed by atoms with Gasteiger partial charge in [-0.2, -0.15) is 8.78 Å². The minimum absolute atomic E-state index is 0.00171. The summed E-state index contributed by atoms with van der Waals surface area (Å²) in [5.41, 5.74) is -0.191. The SMILES string of the molecule is Cc1c(F)ccc(OC(F)F)c1C=O. The predicted molar refractivity (Wildman–Crippen MR) is 43.2 cm³/mol. The van der Waals surface area contributed by atoms with Crippen molar-refractivity contribution in [3.63, 3.8) is 0 Å². The van der Waals surface area contributed by atoms with Gasteiger partial charge in [-0.25, -0.2) is 4.39 Å². The predicted octanol–water partition coefficient (Wildman–Crippen LogP) is 2.55. The maximum Gasteiger partial charge on any atom is 0.387 e.